The number of para-hydroxylation sites is 1. The van der Waals surface area contributed by atoms with E-state index in [2.05, 4.69) is 5.32 Å². The molecule has 26 heavy (non-hydrogen) atoms. The highest BCUT2D eigenvalue weighted by Crippen LogP contribution is 2.44. The van der Waals surface area contributed by atoms with Crippen molar-refractivity contribution in [2.45, 2.75) is 12.3 Å². The highest BCUT2D eigenvalue weighted by Gasteiger charge is 2.35. The Morgan fingerprint density at radius 1 is 1.27 bits per heavy atom. The number of carbonyl (C=O) groups excluding carboxylic acids is 2. The number of hydrogen-bond acceptors (Lipinski definition) is 4. The molecule has 1 aliphatic rings. The van der Waals surface area contributed by atoms with Crippen molar-refractivity contribution in [3.8, 4) is 5.75 Å². The second kappa shape index (κ2) is 8.47. The number of halogens is 1. The highest BCUT2D eigenvalue weighted by molar-refractivity contribution is 8.00. The number of rotatable bonds is 6. The van der Waals surface area contributed by atoms with Crippen molar-refractivity contribution >= 4 is 46.6 Å². The Hall–Kier alpha value is -2.18. The van der Waals surface area contributed by atoms with Gasteiger partial charge in [0.15, 0.2) is 0 Å². The van der Waals surface area contributed by atoms with Gasteiger partial charge in [0.2, 0.25) is 11.8 Å². The van der Waals surface area contributed by atoms with Gasteiger partial charge in [-0.2, -0.15) is 0 Å². The normalized spacial score (nSPS) is 16.6. The van der Waals surface area contributed by atoms with E-state index < -0.39 is 0 Å². The Balaban J connectivity index is 1.92. The zero-order valence-corrected chi connectivity index (χ0v) is 15.8. The van der Waals surface area contributed by atoms with Gasteiger partial charge in [-0.3, -0.25) is 14.5 Å². The molecule has 0 unspecified atom stereocenters. The number of nitrogens with one attached hydrogen (secondary N) is 1. The predicted octanol–water partition coefficient (Wildman–Crippen LogP) is 4.04. The smallest absolute Gasteiger partial charge is 0.239 e. The molecular formula is C19H19ClN2O3S. The number of benzene rings is 2. The van der Waals surface area contributed by atoms with Gasteiger partial charge in [-0.05, 0) is 37.3 Å². The molecule has 3 rings (SSSR count). The van der Waals surface area contributed by atoms with Gasteiger partial charge in [0.1, 0.15) is 17.0 Å². The highest BCUT2D eigenvalue weighted by atomic mass is 35.5. The lowest BCUT2D eigenvalue weighted by molar-refractivity contribution is -0.116. The SMILES string of the molecule is CCOc1ccc(N2C(=O)CS[C@H]2c2ccccc2NC(=O)CCl)cc1. The topological polar surface area (TPSA) is 58.6 Å². The summed E-state index contributed by atoms with van der Waals surface area (Å²) in [6, 6.07) is 14.9. The zero-order valence-electron chi connectivity index (χ0n) is 14.3. The molecule has 5 nitrogen and oxygen atoms in total. The summed E-state index contributed by atoms with van der Waals surface area (Å²) in [7, 11) is 0. The average molecular weight is 391 g/mol. The van der Waals surface area contributed by atoms with Gasteiger partial charge in [-0.1, -0.05) is 18.2 Å². The van der Waals surface area contributed by atoms with E-state index in [0.717, 1.165) is 17.0 Å². The van der Waals surface area contributed by atoms with Crippen LogP contribution in [0.5, 0.6) is 5.75 Å². The first-order chi connectivity index (χ1) is 12.6. The van der Waals surface area contributed by atoms with Crippen LogP contribution in [0.25, 0.3) is 0 Å². The van der Waals surface area contributed by atoms with Crippen LogP contribution >= 0.6 is 23.4 Å². The lowest BCUT2D eigenvalue weighted by atomic mass is 10.1. The van der Waals surface area contributed by atoms with Crippen molar-refractivity contribution in [3.63, 3.8) is 0 Å². The Morgan fingerprint density at radius 3 is 2.69 bits per heavy atom. The van der Waals surface area contributed by atoms with Gasteiger partial charge in [0.05, 0.1) is 12.4 Å². The summed E-state index contributed by atoms with van der Waals surface area (Å²) in [5.74, 6) is 0.786. The summed E-state index contributed by atoms with van der Waals surface area (Å²) in [6.45, 7) is 2.52. The molecule has 0 aromatic heterocycles. The summed E-state index contributed by atoms with van der Waals surface area (Å²) in [4.78, 5) is 26.0. The quantitative estimate of drug-likeness (QED) is 0.756. The predicted molar refractivity (Wildman–Crippen MR) is 106 cm³/mol. The number of amides is 2. The molecule has 7 heteroatoms. The third-order valence-electron chi connectivity index (χ3n) is 3.92. The molecule has 2 aromatic carbocycles. The van der Waals surface area contributed by atoms with Crippen LogP contribution in [0.1, 0.15) is 17.9 Å². The van der Waals surface area contributed by atoms with E-state index in [4.69, 9.17) is 16.3 Å². The summed E-state index contributed by atoms with van der Waals surface area (Å²) in [5, 5.41) is 2.59. The number of ether oxygens (including phenoxy) is 1. The Morgan fingerprint density at radius 2 is 2.00 bits per heavy atom. The second-order valence-corrected chi connectivity index (χ2v) is 6.96. The summed E-state index contributed by atoms with van der Waals surface area (Å²) in [6.07, 6.45) is 0. The van der Waals surface area contributed by atoms with Gasteiger partial charge < -0.3 is 10.1 Å². The van der Waals surface area contributed by atoms with Gasteiger partial charge >= 0.3 is 0 Å². The minimum absolute atomic E-state index is 0.0302. The number of carbonyl (C=O) groups is 2. The first-order valence-corrected chi connectivity index (χ1v) is 9.83. The molecule has 2 amide bonds. The zero-order chi connectivity index (χ0) is 18.5. The van der Waals surface area contributed by atoms with Crippen LogP contribution < -0.4 is 15.0 Å². The second-order valence-electron chi connectivity index (χ2n) is 5.62. The maximum atomic E-state index is 12.5. The lowest BCUT2D eigenvalue weighted by Gasteiger charge is -2.26. The largest absolute Gasteiger partial charge is 0.494 e. The lowest BCUT2D eigenvalue weighted by Crippen LogP contribution is -2.28. The minimum atomic E-state index is -0.277. The molecular weight excluding hydrogens is 372 g/mol. The van der Waals surface area contributed by atoms with Crippen LogP contribution in [0.2, 0.25) is 0 Å². The van der Waals surface area contributed by atoms with Crippen LogP contribution in [-0.4, -0.2) is 30.1 Å². The average Bonchev–Trinajstić information content (AvgIpc) is 3.04. The third kappa shape index (κ3) is 3.97. The van der Waals surface area contributed by atoms with E-state index in [0.29, 0.717) is 18.0 Å². The first-order valence-electron chi connectivity index (χ1n) is 8.25. The number of nitrogens with zero attached hydrogens (tertiary/aromatic N) is 1. The molecule has 2 aromatic rings. The van der Waals surface area contributed by atoms with E-state index in [1.165, 1.54) is 11.8 Å². The maximum Gasteiger partial charge on any atom is 0.239 e. The fraction of sp³-hybridized carbons (Fsp3) is 0.263. The van der Waals surface area contributed by atoms with Crippen molar-refractivity contribution in [3.05, 3.63) is 54.1 Å². The molecule has 1 aliphatic heterocycles. The van der Waals surface area contributed by atoms with Gasteiger partial charge in [0.25, 0.3) is 0 Å². The summed E-state index contributed by atoms with van der Waals surface area (Å²) < 4.78 is 5.47. The van der Waals surface area contributed by atoms with Crippen LogP contribution in [0.15, 0.2) is 48.5 Å². The van der Waals surface area contributed by atoms with E-state index in [9.17, 15) is 9.59 Å². The van der Waals surface area contributed by atoms with E-state index in [1.54, 1.807) is 4.90 Å². The molecule has 0 radical (unpaired) electrons. The molecule has 1 N–H and O–H groups in total. The van der Waals surface area contributed by atoms with E-state index >= 15 is 0 Å². The number of thioether (sulfide) groups is 1. The minimum Gasteiger partial charge on any atom is -0.494 e. The molecule has 1 saturated heterocycles. The van der Waals surface area contributed by atoms with Gasteiger partial charge in [-0.25, -0.2) is 0 Å². The monoisotopic (exact) mass is 390 g/mol. The van der Waals surface area contributed by atoms with Gasteiger partial charge in [0, 0.05) is 16.9 Å². The third-order valence-corrected chi connectivity index (χ3v) is 5.35. The fourth-order valence-electron chi connectivity index (χ4n) is 2.81. The number of hydrogen-bond donors (Lipinski definition) is 1. The molecule has 1 fully saturated rings. The molecule has 0 saturated carbocycles. The van der Waals surface area contributed by atoms with Crippen LogP contribution in [-0.2, 0) is 9.59 Å². The molecule has 0 spiro atoms. The number of alkyl halides is 1. The maximum absolute atomic E-state index is 12.5. The van der Waals surface area contributed by atoms with Crippen LogP contribution in [0.4, 0.5) is 11.4 Å². The summed E-state index contributed by atoms with van der Waals surface area (Å²) >= 11 is 7.14. The van der Waals surface area contributed by atoms with Crippen molar-refractivity contribution in [2.24, 2.45) is 0 Å². The fourth-order valence-corrected chi connectivity index (χ4v) is 4.09. The van der Waals surface area contributed by atoms with Crippen molar-refractivity contribution in [1.29, 1.82) is 0 Å². The Kier molecular flexibility index (Phi) is 6.06. The van der Waals surface area contributed by atoms with Crippen molar-refractivity contribution in [2.75, 3.05) is 28.5 Å². The molecule has 1 atom stereocenters. The Bertz CT molecular complexity index is 798. The van der Waals surface area contributed by atoms with Crippen LogP contribution in [0, 0.1) is 0 Å². The Labute approximate surface area is 161 Å². The summed E-state index contributed by atoms with van der Waals surface area (Å²) in [5.41, 5.74) is 2.34. The standard InChI is InChI=1S/C19H19ClN2O3S/c1-2-25-14-9-7-13(8-10-14)22-18(24)12-26-19(22)15-5-3-4-6-16(15)21-17(23)11-20/h3-10,19H,2,11-12H2,1H3,(H,21,23)/t19-/m0/s1. The van der Waals surface area contributed by atoms with Crippen molar-refractivity contribution < 1.29 is 14.3 Å². The van der Waals surface area contributed by atoms with Crippen molar-refractivity contribution in [1.82, 2.24) is 0 Å². The number of anilines is 2. The molecule has 0 aliphatic carbocycles. The molecule has 0 bridgehead atoms. The first kappa shape index (κ1) is 18.6. The van der Waals surface area contributed by atoms with E-state index in [1.807, 2.05) is 55.5 Å². The van der Waals surface area contributed by atoms with E-state index in [-0.39, 0.29) is 23.1 Å². The van der Waals surface area contributed by atoms with Gasteiger partial charge in [-0.15, -0.1) is 23.4 Å². The van der Waals surface area contributed by atoms with Crippen LogP contribution in [0.3, 0.4) is 0 Å². The molecule has 136 valence electrons. The molecule has 1 heterocycles.